The fraction of sp³-hybridized carbons (Fsp3) is 0.211. The highest BCUT2D eigenvalue weighted by molar-refractivity contribution is 5.85. The van der Waals surface area contributed by atoms with Crippen molar-refractivity contribution in [2.24, 2.45) is 4.99 Å². The Morgan fingerprint density at radius 2 is 2.00 bits per heavy atom. The van der Waals surface area contributed by atoms with E-state index in [1.807, 2.05) is 13.0 Å². The normalized spacial score (nSPS) is 21.0. The first-order valence-corrected chi connectivity index (χ1v) is 9.09. The molecule has 3 aliphatic rings. The Morgan fingerprint density at radius 3 is 2.74 bits per heavy atom. The average Bonchev–Trinajstić information content (AvgIpc) is 3.29. The van der Waals surface area contributed by atoms with Crippen LogP contribution in [0.1, 0.15) is 6.92 Å². The summed E-state index contributed by atoms with van der Waals surface area (Å²) in [5.41, 5.74) is 4.80. The summed E-state index contributed by atoms with van der Waals surface area (Å²) in [5.74, 6) is -4.18. The second-order valence-corrected chi connectivity index (χ2v) is 6.86. The standard InChI is InChI=1S/C19H15F4N5O3/c1-9-7-25-19(26-10-4-12(20)16(13(21)5-10)30-18(22)23)28(17(9)27-31-19)11-2-3-15-14(6-11)24-8-29-15/h2-7,18,24,26-27H,8H2,1H3. The van der Waals surface area contributed by atoms with Crippen molar-refractivity contribution in [1.29, 1.82) is 0 Å². The van der Waals surface area contributed by atoms with Crippen LogP contribution in [0.15, 0.2) is 46.7 Å². The highest BCUT2D eigenvalue weighted by Crippen LogP contribution is 2.42. The van der Waals surface area contributed by atoms with Gasteiger partial charge < -0.3 is 20.1 Å². The zero-order chi connectivity index (χ0) is 21.8. The summed E-state index contributed by atoms with van der Waals surface area (Å²) >= 11 is 0. The lowest BCUT2D eigenvalue weighted by molar-refractivity contribution is -0.0546. The van der Waals surface area contributed by atoms with Gasteiger partial charge in [-0.25, -0.2) is 24.1 Å². The Balaban J connectivity index is 1.52. The lowest BCUT2D eigenvalue weighted by atomic mass is 10.2. The summed E-state index contributed by atoms with van der Waals surface area (Å²) < 4.78 is 62.6. The molecule has 0 saturated carbocycles. The Morgan fingerprint density at radius 1 is 1.23 bits per heavy atom. The molecule has 5 rings (SSSR count). The maximum Gasteiger partial charge on any atom is 0.387 e. The number of anilines is 3. The van der Waals surface area contributed by atoms with Gasteiger partial charge in [-0.15, -0.1) is 0 Å². The zero-order valence-corrected chi connectivity index (χ0v) is 15.9. The smallest absolute Gasteiger partial charge is 0.387 e. The third-order valence-electron chi connectivity index (χ3n) is 4.85. The first-order chi connectivity index (χ1) is 14.9. The lowest BCUT2D eigenvalue weighted by Crippen LogP contribution is -2.51. The van der Waals surface area contributed by atoms with E-state index in [4.69, 9.17) is 9.57 Å². The average molecular weight is 437 g/mol. The predicted molar refractivity (Wildman–Crippen MR) is 103 cm³/mol. The fourth-order valence-electron chi connectivity index (χ4n) is 3.50. The third kappa shape index (κ3) is 3.15. The number of fused-ring (bicyclic) bond motifs is 3. The number of hydroxylamine groups is 1. The van der Waals surface area contributed by atoms with E-state index >= 15 is 0 Å². The van der Waals surface area contributed by atoms with Crippen molar-refractivity contribution >= 4 is 23.3 Å². The molecule has 1 atom stereocenters. The number of hydrogen-bond donors (Lipinski definition) is 3. The summed E-state index contributed by atoms with van der Waals surface area (Å²) in [7, 11) is 0. The van der Waals surface area contributed by atoms with Gasteiger partial charge in [0.1, 0.15) is 11.6 Å². The number of nitrogens with zero attached hydrogens (tertiary/aromatic N) is 2. The second-order valence-electron chi connectivity index (χ2n) is 6.86. The van der Waals surface area contributed by atoms with E-state index in [-0.39, 0.29) is 5.69 Å². The van der Waals surface area contributed by atoms with Gasteiger partial charge in [0, 0.05) is 29.6 Å². The number of alkyl halides is 2. The van der Waals surface area contributed by atoms with Crippen molar-refractivity contribution in [2.45, 2.75) is 19.5 Å². The number of allylic oxidation sites excluding steroid dienone is 1. The molecule has 2 bridgehead atoms. The van der Waals surface area contributed by atoms with Gasteiger partial charge >= 0.3 is 12.6 Å². The number of nitrogens with one attached hydrogen (secondary N) is 3. The summed E-state index contributed by atoms with van der Waals surface area (Å²) in [6.45, 7) is -1.22. The molecule has 2 aromatic rings. The van der Waals surface area contributed by atoms with Gasteiger partial charge in [-0.05, 0) is 25.1 Å². The molecule has 2 aromatic carbocycles. The summed E-state index contributed by atoms with van der Waals surface area (Å²) in [6.07, 6.45) is 1.54. The number of halogens is 4. The molecule has 0 aromatic heterocycles. The minimum atomic E-state index is -3.37. The molecule has 0 aliphatic carbocycles. The van der Waals surface area contributed by atoms with Crippen molar-refractivity contribution in [3.05, 3.63) is 53.4 Å². The second kappa shape index (κ2) is 6.94. The molecule has 0 spiro atoms. The number of hydrogen-bond acceptors (Lipinski definition) is 8. The van der Waals surface area contributed by atoms with E-state index in [0.29, 0.717) is 24.0 Å². The Hall–Kier alpha value is -3.67. The molecule has 162 valence electrons. The van der Waals surface area contributed by atoms with Crippen molar-refractivity contribution in [2.75, 3.05) is 22.3 Å². The first-order valence-electron chi connectivity index (χ1n) is 9.09. The van der Waals surface area contributed by atoms with Crippen LogP contribution in [0.25, 0.3) is 0 Å². The number of rotatable bonds is 5. The first kappa shape index (κ1) is 19.3. The minimum absolute atomic E-state index is 0.107. The van der Waals surface area contributed by atoms with Crippen molar-refractivity contribution in [3.8, 4) is 11.5 Å². The van der Waals surface area contributed by atoms with Crippen LogP contribution in [0.3, 0.4) is 0 Å². The van der Waals surface area contributed by atoms with E-state index in [1.165, 1.54) is 6.21 Å². The van der Waals surface area contributed by atoms with Crippen LogP contribution in [-0.4, -0.2) is 25.5 Å². The monoisotopic (exact) mass is 437 g/mol. The Kier molecular flexibility index (Phi) is 4.32. The maximum atomic E-state index is 14.2. The van der Waals surface area contributed by atoms with Crippen molar-refractivity contribution in [3.63, 3.8) is 0 Å². The molecule has 0 amide bonds. The molecule has 3 heterocycles. The molecule has 1 unspecified atom stereocenters. The van der Waals surface area contributed by atoms with E-state index in [2.05, 4.69) is 25.8 Å². The van der Waals surface area contributed by atoms with Gasteiger partial charge in [0.25, 0.3) is 0 Å². The molecular weight excluding hydrogens is 422 g/mol. The van der Waals surface area contributed by atoms with Gasteiger partial charge in [-0.1, -0.05) is 0 Å². The molecular formula is C19H15F4N5O3. The van der Waals surface area contributed by atoms with E-state index in [9.17, 15) is 17.6 Å². The SMILES string of the molecule is CC1=C2NOC(Nc3cc(F)c(OC(F)F)c(F)c3)(N=C1)N2c1ccc2c(c1)NCO2. The largest absolute Gasteiger partial charge is 0.471 e. The quantitative estimate of drug-likeness (QED) is 0.616. The van der Waals surface area contributed by atoms with Gasteiger partial charge in [0.15, 0.2) is 24.1 Å². The van der Waals surface area contributed by atoms with Gasteiger partial charge in [0.2, 0.25) is 0 Å². The van der Waals surface area contributed by atoms with Crippen LogP contribution in [0.4, 0.5) is 34.6 Å². The van der Waals surface area contributed by atoms with Crippen LogP contribution in [0.2, 0.25) is 0 Å². The predicted octanol–water partition coefficient (Wildman–Crippen LogP) is 3.71. The fourth-order valence-corrected chi connectivity index (χ4v) is 3.50. The molecule has 31 heavy (non-hydrogen) atoms. The third-order valence-corrected chi connectivity index (χ3v) is 4.85. The summed E-state index contributed by atoms with van der Waals surface area (Å²) in [6, 6.07) is 6.97. The molecule has 3 aliphatic heterocycles. The van der Waals surface area contributed by atoms with Gasteiger partial charge in [-0.2, -0.15) is 8.78 Å². The van der Waals surface area contributed by atoms with Crippen molar-refractivity contribution < 1.29 is 31.9 Å². The highest BCUT2D eigenvalue weighted by Gasteiger charge is 2.50. The van der Waals surface area contributed by atoms with Crippen LogP contribution in [0.5, 0.6) is 11.5 Å². The van der Waals surface area contributed by atoms with E-state index in [1.54, 1.807) is 17.0 Å². The number of ether oxygens (including phenoxy) is 2. The molecule has 1 saturated heterocycles. The molecule has 8 nitrogen and oxygen atoms in total. The van der Waals surface area contributed by atoms with E-state index < -0.39 is 30.0 Å². The molecule has 12 heteroatoms. The number of benzene rings is 2. The summed E-state index contributed by atoms with van der Waals surface area (Å²) in [5, 5.41) is 5.90. The number of aliphatic imine (C=N–C) groups is 1. The summed E-state index contributed by atoms with van der Waals surface area (Å²) in [4.78, 5) is 11.7. The van der Waals surface area contributed by atoms with Crippen LogP contribution >= 0.6 is 0 Å². The highest BCUT2D eigenvalue weighted by atomic mass is 19.3. The van der Waals surface area contributed by atoms with Crippen LogP contribution in [0, 0.1) is 11.6 Å². The van der Waals surface area contributed by atoms with Gasteiger partial charge in [0.05, 0.1) is 11.4 Å². The Labute approximate surface area is 173 Å². The van der Waals surface area contributed by atoms with Crippen LogP contribution < -0.4 is 30.5 Å². The molecule has 3 N–H and O–H groups in total. The van der Waals surface area contributed by atoms with Gasteiger partial charge in [-0.3, -0.25) is 4.90 Å². The zero-order valence-electron chi connectivity index (χ0n) is 15.9. The van der Waals surface area contributed by atoms with E-state index in [0.717, 1.165) is 23.4 Å². The van der Waals surface area contributed by atoms with Crippen molar-refractivity contribution in [1.82, 2.24) is 5.48 Å². The molecule has 1 fully saturated rings. The minimum Gasteiger partial charge on any atom is -0.471 e. The van der Waals surface area contributed by atoms with Crippen LogP contribution in [-0.2, 0) is 4.84 Å². The Bertz CT molecular complexity index is 1100. The topological polar surface area (TPSA) is 79.4 Å². The lowest BCUT2D eigenvalue weighted by Gasteiger charge is -2.36. The maximum absolute atomic E-state index is 14.2. The molecule has 0 radical (unpaired) electrons.